The van der Waals surface area contributed by atoms with E-state index in [2.05, 4.69) is 49.2 Å². The predicted molar refractivity (Wildman–Crippen MR) is 95.0 cm³/mol. The van der Waals surface area contributed by atoms with Crippen LogP contribution in [-0.2, 0) is 11.3 Å². The molecule has 1 aliphatic heterocycles. The number of rotatable bonds is 7. The van der Waals surface area contributed by atoms with Crippen LogP contribution in [0.15, 0.2) is 30.3 Å². The van der Waals surface area contributed by atoms with E-state index in [0.29, 0.717) is 5.92 Å². The standard InChI is InChI=1S/C19H31N3O/c1-3-7-18(20)19(23)22-12-10-17(11-13-22)15-21(2)14-16-8-5-4-6-9-16/h4-6,8-9,17-18H,3,7,10-15,20H2,1-2H3. The first-order chi connectivity index (χ1) is 11.1. The lowest BCUT2D eigenvalue weighted by Crippen LogP contribution is -2.48. The van der Waals surface area contributed by atoms with Crippen LogP contribution in [0.1, 0.15) is 38.2 Å². The van der Waals surface area contributed by atoms with E-state index in [4.69, 9.17) is 5.73 Å². The number of benzene rings is 1. The molecule has 2 N–H and O–H groups in total. The predicted octanol–water partition coefficient (Wildman–Crippen LogP) is 2.48. The number of carbonyl (C=O) groups excluding carboxylic acids is 1. The lowest BCUT2D eigenvalue weighted by molar-refractivity contribution is -0.134. The third-order valence-corrected chi connectivity index (χ3v) is 4.71. The molecule has 1 amide bonds. The molecule has 1 aromatic carbocycles. The maximum atomic E-state index is 12.2. The van der Waals surface area contributed by atoms with Gasteiger partial charge in [-0.05, 0) is 37.8 Å². The molecule has 4 heteroatoms. The van der Waals surface area contributed by atoms with Gasteiger partial charge in [0.05, 0.1) is 6.04 Å². The van der Waals surface area contributed by atoms with Crippen LogP contribution in [0.3, 0.4) is 0 Å². The van der Waals surface area contributed by atoms with Crippen LogP contribution in [-0.4, -0.2) is 48.4 Å². The maximum absolute atomic E-state index is 12.2. The fourth-order valence-electron chi connectivity index (χ4n) is 3.41. The number of nitrogens with two attached hydrogens (primary N) is 1. The van der Waals surface area contributed by atoms with E-state index in [-0.39, 0.29) is 11.9 Å². The molecule has 4 nitrogen and oxygen atoms in total. The summed E-state index contributed by atoms with van der Waals surface area (Å²) < 4.78 is 0. The smallest absolute Gasteiger partial charge is 0.239 e. The molecule has 1 aliphatic rings. The summed E-state index contributed by atoms with van der Waals surface area (Å²) in [6.45, 7) is 5.88. The van der Waals surface area contributed by atoms with E-state index in [1.54, 1.807) is 0 Å². The Kier molecular flexibility index (Phi) is 7.06. The van der Waals surface area contributed by atoms with Crippen LogP contribution in [0.2, 0.25) is 0 Å². The van der Waals surface area contributed by atoms with Crippen molar-refractivity contribution in [2.45, 2.75) is 45.2 Å². The van der Waals surface area contributed by atoms with Crippen molar-refractivity contribution in [3.63, 3.8) is 0 Å². The largest absolute Gasteiger partial charge is 0.341 e. The second-order valence-electron chi connectivity index (χ2n) is 6.85. The number of likely N-dealkylation sites (tertiary alicyclic amines) is 1. The minimum Gasteiger partial charge on any atom is -0.341 e. The fourth-order valence-corrected chi connectivity index (χ4v) is 3.41. The van der Waals surface area contributed by atoms with Crippen LogP contribution in [0.5, 0.6) is 0 Å². The van der Waals surface area contributed by atoms with Gasteiger partial charge < -0.3 is 15.5 Å². The molecule has 0 aliphatic carbocycles. The molecule has 2 rings (SSSR count). The van der Waals surface area contributed by atoms with E-state index in [0.717, 1.165) is 51.9 Å². The van der Waals surface area contributed by atoms with Crippen molar-refractivity contribution in [2.75, 3.05) is 26.7 Å². The Morgan fingerprint density at radius 2 is 1.96 bits per heavy atom. The summed E-state index contributed by atoms with van der Waals surface area (Å²) in [5.74, 6) is 0.818. The number of carbonyl (C=O) groups is 1. The Morgan fingerprint density at radius 3 is 2.57 bits per heavy atom. The summed E-state index contributed by atoms with van der Waals surface area (Å²) in [5, 5.41) is 0. The average Bonchev–Trinajstić information content (AvgIpc) is 2.56. The third kappa shape index (κ3) is 5.63. The van der Waals surface area contributed by atoms with Crippen LogP contribution in [0.4, 0.5) is 0 Å². The van der Waals surface area contributed by atoms with Gasteiger partial charge in [0.25, 0.3) is 0 Å². The summed E-state index contributed by atoms with van der Waals surface area (Å²) in [6.07, 6.45) is 3.93. The molecule has 1 heterocycles. The highest BCUT2D eigenvalue weighted by Gasteiger charge is 2.26. The Bertz CT molecular complexity index is 469. The molecule has 1 fully saturated rings. The van der Waals surface area contributed by atoms with Crippen molar-refractivity contribution >= 4 is 5.91 Å². The van der Waals surface area contributed by atoms with Gasteiger partial charge in [-0.25, -0.2) is 0 Å². The highest BCUT2D eigenvalue weighted by Crippen LogP contribution is 2.19. The number of piperidine rings is 1. The van der Waals surface area contributed by atoms with E-state index >= 15 is 0 Å². The summed E-state index contributed by atoms with van der Waals surface area (Å²) in [4.78, 5) is 16.6. The minimum absolute atomic E-state index is 0.142. The van der Waals surface area contributed by atoms with Gasteiger partial charge in [0.2, 0.25) is 5.91 Å². The molecule has 0 aromatic heterocycles. The first kappa shape index (κ1) is 18.0. The Hall–Kier alpha value is -1.39. The molecule has 1 aromatic rings. The normalized spacial score (nSPS) is 17.5. The molecule has 0 spiro atoms. The van der Waals surface area contributed by atoms with Gasteiger partial charge in [0, 0.05) is 26.2 Å². The summed E-state index contributed by atoms with van der Waals surface area (Å²) in [5.41, 5.74) is 7.32. The molecule has 1 unspecified atom stereocenters. The first-order valence-electron chi connectivity index (χ1n) is 8.87. The molecule has 23 heavy (non-hydrogen) atoms. The van der Waals surface area contributed by atoms with Gasteiger partial charge in [-0.1, -0.05) is 43.7 Å². The zero-order valence-electron chi connectivity index (χ0n) is 14.6. The molecule has 0 saturated carbocycles. The van der Waals surface area contributed by atoms with Crippen molar-refractivity contribution in [1.29, 1.82) is 0 Å². The van der Waals surface area contributed by atoms with Gasteiger partial charge in [-0.3, -0.25) is 4.79 Å². The first-order valence-corrected chi connectivity index (χ1v) is 8.87. The van der Waals surface area contributed by atoms with Crippen molar-refractivity contribution in [3.05, 3.63) is 35.9 Å². The lowest BCUT2D eigenvalue weighted by atomic mass is 9.95. The minimum atomic E-state index is -0.308. The van der Waals surface area contributed by atoms with Crippen LogP contribution < -0.4 is 5.73 Å². The maximum Gasteiger partial charge on any atom is 0.239 e. The monoisotopic (exact) mass is 317 g/mol. The Morgan fingerprint density at radius 1 is 1.30 bits per heavy atom. The van der Waals surface area contributed by atoms with E-state index in [1.165, 1.54) is 5.56 Å². The van der Waals surface area contributed by atoms with Crippen LogP contribution >= 0.6 is 0 Å². The third-order valence-electron chi connectivity index (χ3n) is 4.71. The second kappa shape index (κ2) is 9.04. The zero-order valence-corrected chi connectivity index (χ0v) is 14.6. The molecule has 128 valence electrons. The molecule has 0 radical (unpaired) electrons. The van der Waals surface area contributed by atoms with Gasteiger partial charge in [-0.2, -0.15) is 0 Å². The highest BCUT2D eigenvalue weighted by molar-refractivity contribution is 5.81. The van der Waals surface area contributed by atoms with Crippen molar-refractivity contribution in [1.82, 2.24) is 9.80 Å². The Labute approximate surface area is 140 Å². The van der Waals surface area contributed by atoms with Crippen LogP contribution in [0.25, 0.3) is 0 Å². The topological polar surface area (TPSA) is 49.6 Å². The molecule has 0 bridgehead atoms. The van der Waals surface area contributed by atoms with Crippen LogP contribution in [0, 0.1) is 5.92 Å². The van der Waals surface area contributed by atoms with Crippen molar-refractivity contribution in [3.8, 4) is 0 Å². The van der Waals surface area contributed by atoms with E-state index in [1.807, 2.05) is 4.90 Å². The SMILES string of the molecule is CCCC(N)C(=O)N1CCC(CN(C)Cc2ccccc2)CC1. The average molecular weight is 317 g/mol. The van der Waals surface area contributed by atoms with E-state index in [9.17, 15) is 4.79 Å². The molecular weight excluding hydrogens is 286 g/mol. The van der Waals surface area contributed by atoms with Gasteiger partial charge in [0.1, 0.15) is 0 Å². The van der Waals surface area contributed by atoms with Crippen molar-refractivity contribution < 1.29 is 4.79 Å². The van der Waals surface area contributed by atoms with E-state index < -0.39 is 0 Å². The summed E-state index contributed by atoms with van der Waals surface area (Å²) >= 11 is 0. The quantitative estimate of drug-likeness (QED) is 0.840. The number of amides is 1. The van der Waals surface area contributed by atoms with Gasteiger partial charge >= 0.3 is 0 Å². The number of hydrogen-bond acceptors (Lipinski definition) is 3. The number of hydrogen-bond donors (Lipinski definition) is 1. The summed E-state index contributed by atoms with van der Waals surface area (Å²) in [6, 6.07) is 10.3. The molecule has 1 saturated heterocycles. The molecule has 1 atom stereocenters. The second-order valence-corrected chi connectivity index (χ2v) is 6.85. The lowest BCUT2D eigenvalue weighted by Gasteiger charge is -2.35. The van der Waals surface area contributed by atoms with Gasteiger partial charge in [0.15, 0.2) is 0 Å². The van der Waals surface area contributed by atoms with Crippen molar-refractivity contribution in [2.24, 2.45) is 11.7 Å². The fraction of sp³-hybridized carbons (Fsp3) is 0.632. The van der Waals surface area contributed by atoms with Gasteiger partial charge in [-0.15, -0.1) is 0 Å². The zero-order chi connectivity index (χ0) is 16.7. The molecular formula is C19H31N3O. The summed E-state index contributed by atoms with van der Waals surface area (Å²) in [7, 11) is 2.18. The Balaban J connectivity index is 1.73. The number of nitrogens with zero attached hydrogens (tertiary/aromatic N) is 2. The highest BCUT2D eigenvalue weighted by atomic mass is 16.2.